The lowest BCUT2D eigenvalue weighted by atomic mass is 9.99. The predicted molar refractivity (Wildman–Crippen MR) is 100 cm³/mol. The largest absolute Gasteiger partial charge is 0.507 e. The zero-order valence-electron chi connectivity index (χ0n) is 14.1. The molecule has 0 aliphatic rings. The van der Waals surface area contributed by atoms with E-state index >= 15 is 0 Å². The summed E-state index contributed by atoms with van der Waals surface area (Å²) in [4.78, 5) is 8.34. The number of hydrogen-bond acceptors (Lipinski definition) is 4. The Bertz CT molecular complexity index is 1120. The second-order valence-corrected chi connectivity index (χ2v) is 6.03. The van der Waals surface area contributed by atoms with Crippen molar-refractivity contribution in [1.82, 2.24) is 14.5 Å². The second-order valence-electron chi connectivity index (χ2n) is 6.03. The number of anilines is 1. The first-order valence-corrected chi connectivity index (χ1v) is 8.27. The van der Waals surface area contributed by atoms with E-state index in [0.29, 0.717) is 11.3 Å². The van der Waals surface area contributed by atoms with Gasteiger partial charge in [0.05, 0.1) is 5.69 Å². The van der Waals surface area contributed by atoms with Crippen LogP contribution < -0.4 is 5.73 Å². The molecular formula is C20H17FN4O. The van der Waals surface area contributed by atoms with Gasteiger partial charge in [-0.05, 0) is 48.9 Å². The Kier molecular flexibility index (Phi) is 3.80. The summed E-state index contributed by atoms with van der Waals surface area (Å²) in [6.45, 7) is 2.97. The number of aromatic nitrogens is 3. The molecule has 0 bridgehead atoms. The van der Waals surface area contributed by atoms with Gasteiger partial charge < -0.3 is 15.4 Å². The van der Waals surface area contributed by atoms with E-state index in [1.807, 2.05) is 30.5 Å². The third-order valence-corrected chi connectivity index (χ3v) is 4.44. The van der Waals surface area contributed by atoms with Crippen LogP contribution >= 0.6 is 0 Å². The summed E-state index contributed by atoms with van der Waals surface area (Å²) >= 11 is 0. The molecule has 3 N–H and O–H groups in total. The third kappa shape index (κ3) is 2.65. The van der Waals surface area contributed by atoms with Crippen molar-refractivity contribution >= 4 is 16.9 Å². The molecule has 2 aromatic carbocycles. The Morgan fingerprint density at radius 2 is 1.96 bits per heavy atom. The molecule has 0 aliphatic carbocycles. The molecule has 5 nitrogen and oxygen atoms in total. The molecule has 2 aromatic heterocycles. The van der Waals surface area contributed by atoms with Crippen LogP contribution in [0, 0.1) is 5.82 Å². The van der Waals surface area contributed by atoms with Gasteiger partial charge in [0.15, 0.2) is 0 Å². The summed E-state index contributed by atoms with van der Waals surface area (Å²) in [5.74, 6) is -0.467. The number of nitrogen functional groups attached to an aromatic ring is 1. The summed E-state index contributed by atoms with van der Waals surface area (Å²) in [6, 6.07) is 11.8. The number of aromatic hydroxyl groups is 1. The lowest BCUT2D eigenvalue weighted by molar-refractivity contribution is 0.475. The number of aryl methyl sites for hydroxylation is 1. The topological polar surface area (TPSA) is 77.0 Å². The molecule has 2 heterocycles. The Morgan fingerprint density at radius 3 is 2.77 bits per heavy atom. The molecule has 6 heteroatoms. The van der Waals surface area contributed by atoms with Gasteiger partial charge in [-0.3, -0.25) is 0 Å². The number of fused-ring (bicyclic) bond motifs is 1. The molecule has 0 unspecified atom stereocenters. The van der Waals surface area contributed by atoms with Gasteiger partial charge in [0, 0.05) is 41.0 Å². The normalized spacial score (nSPS) is 11.2. The van der Waals surface area contributed by atoms with Crippen molar-refractivity contribution in [3.63, 3.8) is 0 Å². The lowest BCUT2D eigenvalue weighted by Gasteiger charge is -2.11. The fourth-order valence-electron chi connectivity index (χ4n) is 3.15. The monoisotopic (exact) mass is 348 g/mol. The maximum Gasteiger partial charge on any atom is 0.220 e. The van der Waals surface area contributed by atoms with Crippen LogP contribution in [0.25, 0.3) is 33.3 Å². The summed E-state index contributed by atoms with van der Waals surface area (Å²) in [7, 11) is 0. The van der Waals surface area contributed by atoms with Gasteiger partial charge in [0.25, 0.3) is 0 Å². The molecule has 0 aliphatic heterocycles. The van der Waals surface area contributed by atoms with Crippen LogP contribution in [-0.4, -0.2) is 19.6 Å². The zero-order valence-corrected chi connectivity index (χ0v) is 14.1. The van der Waals surface area contributed by atoms with Crippen LogP contribution in [-0.2, 0) is 6.54 Å². The average Bonchev–Trinajstić information content (AvgIpc) is 3.06. The number of phenolic OH excluding ortho intramolecular Hbond substituents is 1. The Balaban J connectivity index is 1.94. The van der Waals surface area contributed by atoms with Crippen molar-refractivity contribution in [3.8, 4) is 28.1 Å². The smallest absolute Gasteiger partial charge is 0.220 e. The highest BCUT2D eigenvalue weighted by Gasteiger charge is 2.16. The number of benzene rings is 2. The number of rotatable bonds is 3. The molecule has 4 aromatic rings. The van der Waals surface area contributed by atoms with Gasteiger partial charge in [-0.1, -0.05) is 6.07 Å². The standard InChI is InChI=1S/C20H17FN4O/c1-2-25-8-7-13-9-12(3-5-17(13)25)16-11-23-20(22)24-19(16)15-10-14(21)4-6-18(15)26/h3-11,26H,2H2,1H3,(H2,22,23,24). The fraction of sp³-hybridized carbons (Fsp3) is 0.100. The molecule has 0 fully saturated rings. The number of halogens is 1. The van der Waals surface area contributed by atoms with Gasteiger partial charge >= 0.3 is 0 Å². The summed E-state index contributed by atoms with van der Waals surface area (Å²) in [5.41, 5.74) is 9.08. The number of phenols is 1. The van der Waals surface area contributed by atoms with Crippen molar-refractivity contribution in [2.45, 2.75) is 13.5 Å². The Hall–Kier alpha value is -3.41. The fourth-order valence-corrected chi connectivity index (χ4v) is 3.15. The van der Waals surface area contributed by atoms with Crippen LogP contribution in [0.15, 0.2) is 54.9 Å². The quantitative estimate of drug-likeness (QED) is 0.581. The SMILES string of the molecule is CCn1ccc2cc(-c3cnc(N)nc3-c3cc(F)ccc3O)ccc21. The van der Waals surface area contributed by atoms with Gasteiger partial charge in [-0.15, -0.1) is 0 Å². The number of nitrogens with zero attached hydrogens (tertiary/aromatic N) is 3. The van der Waals surface area contributed by atoms with E-state index in [9.17, 15) is 9.50 Å². The third-order valence-electron chi connectivity index (χ3n) is 4.44. The minimum atomic E-state index is -0.462. The number of hydrogen-bond donors (Lipinski definition) is 2. The van der Waals surface area contributed by atoms with Crippen LogP contribution in [0.1, 0.15) is 6.92 Å². The van der Waals surface area contributed by atoms with E-state index in [-0.39, 0.29) is 17.3 Å². The molecule has 26 heavy (non-hydrogen) atoms. The van der Waals surface area contributed by atoms with E-state index in [2.05, 4.69) is 21.5 Å². The van der Waals surface area contributed by atoms with Crippen molar-refractivity contribution in [2.75, 3.05) is 5.73 Å². The summed E-state index contributed by atoms with van der Waals surface area (Å²) < 4.78 is 15.9. The lowest BCUT2D eigenvalue weighted by Crippen LogP contribution is -1.99. The molecule has 0 spiro atoms. The van der Waals surface area contributed by atoms with E-state index in [0.717, 1.165) is 23.0 Å². The average molecular weight is 348 g/mol. The van der Waals surface area contributed by atoms with Gasteiger partial charge in [-0.2, -0.15) is 0 Å². The van der Waals surface area contributed by atoms with E-state index in [4.69, 9.17) is 5.73 Å². The van der Waals surface area contributed by atoms with Gasteiger partial charge in [-0.25, -0.2) is 14.4 Å². The van der Waals surface area contributed by atoms with Crippen LogP contribution in [0.3, 0.4) is 0 Å². The van der Waals surface area contributed by atoms with Gasteiger partial charge in [0.1, 0.15) is 11.6 Å². The van der Waals surface area contributed by atoms with Crippen LogP contribution in [0.2, 0.25) is 0 Å². The highest BCUT2D eigenvalue weighted by molar-refractivity contribution is 5.90. The van der Waals surface area contributed by atoms with Crippen molar-refractivity contribution in [1.29, 1.82) is 0 Å². The highest BCUT2D eigenvalue weighted by Crippen LogP contribution is 2.36. The zero-order chi connectivity index (χ0) is 18.3. The first-order chi connectivity index (χ1) is 12.6. The van der Waals surface area contributed by atoms with Crippen molar-refractivity contribution in [3.05, 3.63) is 60.7 Å². The maximum absolute atomic E-state index is 13.7. The van der Waals surface area contributed by atoms with E-state index < -0.39 is 5.82 Å². The summed E-state index contributed by atoms with van der Waals surface area (Å²) in [6.07, 6.45) is 3.63. The Labute approximate surface area is 149 Å². The molecule has 0 amide bonds. The van der Waals surface area contributed by atoms with Crippen molar-refractivity contribution < 1.29 is 9.50 Å². The van der Waals surface area contributed by atoms with E-state index in [1.54, 1.807) is 6.20 Å². The highest BCUT2D eigenvalue weighted by atomic mass is 19.1. The minimum Gasteiger partial charge on any atom is -0.507 e. The first kappa shape index (κ1) is 16.1. The predicted octanol–water partition coefficient (Wildman–Crippen LogP) is 4.21. The van der Waals surface area contributed by atoms with E-state index in [1.165, 1.54) is 18.2 Å². The number of nitrogens with two attached hydrogens (primary N) is 1. The molecule has 0 atom stereocenters. The summed E-state index contributed by atoms with van der Waals surface area (Å²) in [5, 5.41) is 11.3. The van der Waals surface area contributed by atoms with Gasteiger partial charge in [0.2, 0.25) is 5.95 Å². The molecular weight excluding hydrogens is 331 g/mol. The van der Waals surface area contributed by atoms with Crippen molar-refractivity contribution in [2.24, 2.45) is 0 Å². The molecule has 130 valence electrons. The molecule has 0 saturated carbocycles. The van der Waals surface area contributed by atoms with Crippen LogP contribution in [0.4, 0.5) is 10.3 Å². The molecule has 0 saturated heterocycles. The maximum atomic E-state index is 13.7. The molecule has 0 radical (unpaired) electrons. The second kappa shape index (κ2) is 6.15. The first-order valence-electron chi connectivity index (χ1n) is 8.27. The van der Waals surface area contributed by atoms with Crippen LogP contribution in [0.5, 0.6) is 5.75 Å². The molecule has 4 rings (SSSR count). The Morgan fingerprint density at radius 1 is 1.12 bits per heavy atom. The minimum absolute atomic E-state index is 0.0608.